The van der Waals surface area contributed by atoms with E-state index in [1.165, 1.54) is 12.1 Å². The predicted molar refractivity (Wildman–Crippen MR) is 125 cm³/mol. The molecule has 3 aromatic rings. The molecule has 0 unspecified atom stereocenters. The van der Waals surface area contributed by atoms with Crippen LogP contribution in [0.2, 0.25) is 20.1 Å². The van der Waals surface area contributed by atoms with Gasteiger partial charge in [0.1, 0.15) is 12.4 Å². The van der Waals surface area contributed by atoms with Crippen LogP contribution in [0.15, 0.2) is 60.7 Å². The third kappa shape index (κ3) is 6.52. The van der Waals surface area contributed by atoms with Crippen LogP contribution in [0.25, 0.3) is 0 Å². The van der Waals surface area contributed by atoms with Crippen molar-refractivity contribution >= 4 is 63.9 Å². The van der Waals surface area contributed by atoms with Crippen molar-refractivity contribution in [3.8, 4) is 5.75 Å². The zero-order chi connectivity index (χ0) is 22.4. The number of rotatable bonds is 7. The molecule has 0 saturated carbocycles. The third-order valence-electron chi connectivity index (χ3n) is 4.13. The van der Waals surface area contributed by atoms with E-state index >= 15 is 0 Å². The van der Waals surface area contributed by atoms with Crippen LogP contribution in [-0.4, -0.2) is 25.0 Å². The van der Waals surface area contributed by atoms with Gasteiger partial charge in [-0.25, -0.2) is 0 Å². The Morgan fingerprint density at radius 2 is 1.26 bits per heavy atom. The molecule has 0 aliphatic carbocycles. The van der Waals surface area contributed by atoms with Gasteiger partial charge in [-0.1, -0.05) is 46.4 Å². The number of anilines is 1. The van der Waals surface area contributed by atoms with E-state index < -0.39 is 0 Å². The second-order valence-corrected chi connectivity index (χ2v) is 7.97. The Kier molecular flexibility index (Phi) is 8.04. The number of halogens is 4. The molecule has 2 N–H and O–H groups in total. The van der Waals surface area contributed by atoms with Crippen molar-refractivity contribution in [1.82, 2.24) is 5.32 Å². The quantitative estimate of drug-likeness (QED) is 0.373. The summed E-state index contributed by atoms with van der Waals surface area (Å²) >= 11 is 23.6. The first-order valence-electron chi connectivity index (χ1n) is 9.06. The predicted octanol–water partition coefficient (Wildman–Crippen LogP) is 6.36. The van der Waals surface area contributed by atoms with Crippen LogP contribution in [0.1, 0.15) is 20.7 Å². The van der Waals surface area contributed by atoms with E-state index in [1.54, 1.807) is 48.5 Å². The lowest BCUT2D eigenvalue weighted by atomic mass is 10.2. The third-order valence-corrected chi connectivity index (χ3v) is 5.61. The Balaban J connectivity index is 1.46. The van der Waals surface area contributed by atoms with Crippen LogP contribution in [0.3, 0.4) is 0 Å². The molecule has 0 aliphatic heterocycles. The molecule has 3 aromatic carbocycles. The minimum absolute atomic E-state index is 0.266. The molecule has 0 heterocycles. The van der Waals surface area contributed by atoms with Crippen molar-refractivity contribution < 1.29 is 14.3 Å². The van der Waals surface area contributed by atoms with Crippen LogP contribution >= 0.6 is 46.4 Å². The van der Waals surface area contributed by atoms with Crippen molar-refractivity contribution in [2.45, 2.75) is 0 Å². The number of hydrogen-bond acceptors (Lipinski definition) is 3. The fourth-order valence-corrected chi connectivity index (χ4v) is 3.14. The average molecular weight is 498 g/mol. The first kappa shape index (κ1) is 23.2. The van der Waals surface area contributed by atoms with Crippen LogP contribution in [0.4, 0.5) is 5.69 Å². The fourth-order valence-electron chi connectivity index (χ4n) is 2.55. The van der Waals surface area contributed by atoms with E-state index in [0.717, 1.165) is 0 Å². The fraction of sp³-hybridized carbons (Fsp3) is 0.0909. The highest BCUT2D eigenvalue weighted by atomic mass is 35.5. The molecule has 0 saturated heterocycles. The molecule has 0 fully saturated rings. The molecular formula is C22H16Cl4N2O3. The van der Waals surface area contributed by atoms with Gasteiger partial charge in [-0.15, -0.1) is 0 Å². The van der Waals surface area contributed by atoms with E-state index in [0.29, 0.717) is 49.2 Å². The summed E-state index contributed by atoms with van der Waals surface area (Å²) in [4.78, 5) is 24.4. The summed E-state index contributed by atoms with van der Waals surface area (Å²) in [6.45, 7) is 0.566. The van der Waals surface area contributed by atoms with Crippen LogP contribution < -0.4 is 15.4 Å². The molecular weight excluding hydrogens is 482 g/mol. The number of nitrogens with one attached hydrogen (secondary N) is 2. The van der Waals surface area contributed by atoms with Crippen molar-refractivity contribution in [2.24, 2.45) is 0 Å². The van der Waals surface area contributed by atoms with Gasteiger partial charge in [0.05, 0.1) is 26.6 Å². The smallest absolute Gasteiger partial charge is 0.255 e. The number of benzene rings is 3. The molecule has 0 atom stereocenters. The van der Waals surface area contributed by atoms with Crippen molar-refractivity contribution in [3.63, 3.8) is 0 Å². The van der Waals surface area contributed by atoms with E-state index in [4.69, 9.17) is 51.1 Å². The van der Waals surface area contributed by atoms with Crippen LogP contribution in [0, 0.1) is 0 Å². The van der Waals surface area contributed by atoms with Crippen LogP contribution in [0.5, 0.6) is 5.75 Å². The summed E-state index contributed by atoms with van der Waals surface area (Å²) in [6, 6.07) is 16.2. The molecule has 31 heavy (non-hydrogen) atoms. The maximum absolute atomic E-state index is 12.3. The van der Waals surface area contributed by atoms with E-state index in [9.17, 15) is 9.59 Å². The summed E-state index contributed by atoms with van der Waals surface area (Å²) in [7, 11) is 0. The monoisotopic (exact) mass is 496 g/mol. The van der Waals surface area contributed by atoms with Crippen molar-refractivity contribution in [2.75, 3.05) is 18.5 Å². The SMILES string of the molecule is O=C(NCCOc1ccc(NC(=O)c2ccc(Cl)c(Cl)c2)cc1)c1ccc(Cl)c(Cl)c1. The summed E-state index contributed by atoms with van der Waals surface area (Å²) in [5.41, 5.74) is 1.40. The minimum atomic E-state index is -0.308. The van der Waals surface area contributed by atoms with Gasteiger partial charge in [0.2, 0.25) is 0 Å². The van der Waals surface area contributed by atoms with Gasteiger partial charge >= 0.3 is 0 Å². The van der Waals surface area contributed by atoms with Gasteiger partial charge in [0.25, 0.3) is 11.8 Å². The number of hydrogen-bond donors (Lipinski definition) is 2. The van der Waals surface area contributed by atoms with E-state index in [1.807, 2.05) is 0 Å². The Hall–Kier alpha value is -2.44. The normalized spacial score (nSPS) is 10.5. The Morgan fingerprint density at radius 1 is 0.710 bits per heavy atom. The second-order valence-electron chi connectivity index (χ2n) is 6.34. The first-order valence-corrected chi connectivity index (χ1v) is 10.6. The largest absolute Gasteiger partial charge is 0.492 e. The summed E-state index contributed by atoms with van der Waals surface area (Å²) < 4.78 is 5.60. The molecule has 0 aliphatic rings. The molecule has 3 rings (SSSR count). The minimum Gasteiger partial charge on any atom is -0.492 e. The van der Waals surface area contributed by atoms with Gasteiger partial charge in [-0.05, 0) is 60.7 Å². The Labute approximate surface area is 199 Å². The molecule has 0 bridgehead atoms. The molecule has 0 aromatic heterocycles. The van der Waals surface area contributed by atoms with Gasteiger partial charge in [0.15, 0.2) is 0 Å². The maximum Gasteiger partial charge on any atom is 0.255 e. The highest BCUT2D eigenvalue weighted by molar-refractivity contribution is 6.42. The Bertz CT molecular complexity index is 1100. The molecule has 0 spiro atoms. The van der Waals surface area contributed by atoms with E-state index in [-0.39, 0.29) is 18.4 Å². The summed E-state index contributed by atoms with van der Waals surface area (Å²) in [5.74, 6) is 0.0103. The van der Waals surface area contributed by atoms with Gasteiger partial charge in [0, 0.05) is 16.8 Å². The van der Waals surface area contributed by atoms with Gasteiger partial charge in [-0.2, -0.15) is 0 Å². The molecule has 160 valence electrons. The standard InChI is InChI=1S/C22H16Cl4N2O3/c23-17-7-1-13(11-19(17)25)21(29)27-9-10-31-16-5-3-15(4-6-16)28-22(30)14-2-8-18(24)20(26)12-14/h1-8,11-12H,9-10H2,(H,27,29)(H,28,30). The number of amides is 2. The highest BCUT2D eigenvalue weighted by Gasteiger charge is 2.09. The topological polar surface area (TPSA) is 67.4 Å². The maximum atomic E-state index is 12.3. The lowest BCUT2D eigenvalue weighted by Crippen LogP contribution is -2.28. The van der Waals surface area contributed by atoms with Gasteiger partial charge < -0.3 is 15.4 Å². The Morgan fingerprint density at radius 3 is 1.81 bits per heavy atom. The van der Waals surface area contributed by atoms with E-state index in [2.05, 4.69) is 10.6 Å². The molecule has 0 radical (unpaired) electrons. The molecule has 2 amide bonds. The number of carbonyl (C=O) groups excluding carboxylic acids is 2. The zero-order valence-electron chi connectivity index (χ0n) is 15.9. The van der Waals surface area contributed by atoms with Gasteiger partial charge in [-0.3, -0.25) is 9.59 Å². The number of carbonyl (C=O) groups is 2. The zero-order valence-corrected chi connectivity index (χ0v) is 18.9. The molecule has 9 heteroatoms. The second kappa shape index (κ2) is 10.7. The first-order chi connectivity index (χ1) is 14.8. The lowest BCUT2D eigenvalue weighted by molar-refractivity contribution is 0.0946. The average Bonchev–Trinajstić information content (AvgIpc) is 2.76. The summed E-state index contributed by atoms with van der Waals surface area (Å²) in [5, 5.41) is 6.90. The summed E-state index contributed by atoms with van der Waals surface area (Å²) in [6.07, 6.45) is 0. The number of ether oxygens (including phenoxy) is 1. The van der Waals surface area contributed by atoms with Crippen molar-refractivity contribution in [1.29, 1.82) is 0 Å². The lowest BCUT2D eigenvalue weighted by Gasteiger charge is -2.10. The van der Waals surface area contributed by atoms with Crippen molar-refractivity contribution in [3.05, 3.63) is 91.9 Å². The highest BCUT2D eigenvalue weighted by Crippen LogP contribution is 2.24. The molecule has 5 nitrogen and oxygen atoms in total. The van der Waals surface area contributed by atoms with Crippen LogP contribution in [-0.2, 0) is 0 Å².